The first-order valence-electron chi connectivity index (χ1n) is 5.81. The molecule has 0 aliphatic rings. The molecule has 0 heterocycles. The summed E-state index contributed by atoms with van der Waals surface area (Å²) in [6.45, 7) is 3.59. The third-order valence-electron chi connectivity index (χ3n) is 2.86. The summed E-state index contributed by atoms with van der Waals surface area (Å²) in [7, 11) is -2.25. The van der Waals surface area contributed by atoms with Gasteiger partial charge in [0.05, 0.1) is 17.6 Å². The predicted molar refractivity (Wildman–Crippen MR) is 73.4 cm³/mol. The second-order valence-electron chi connectivity index (χ2n) is 4.42. The van der Waals surface area contributed by atoms with Crippen molar-refractivity contribution in [3.8, 4) is 0 Å². The lowest BCUT2D eigenvalue weighted by molar-refractivity contribution is 0.0679. The number of aliphatic hydroxyl groups excluding tert-OH is 1. The maximum atomic E-state index is 12.0. The van der Waals surface area contributed by atoms with Crippen molar-refractivity contribution in [3.63, 3.8) is 0 Å². The first-order valence-corrected chi connectivity index (χ1v) is 7.29. The summed E-state index contributed by atoms with van der Waals surface area (Å²) in [6, 6.07) is 2.96. The number of ether oxygens (including phenoxy) is 1. The Morgan fingerprint density at radius 1 is 1.42 bits per heavy atom. The van der Waals surface area contributed by atoms with Crippen LogP contribution in [0.5, 0.6) is 0 Å². The average molecular weight is 288 g/mol. The van der Waals surface area contributed by atoms with Gasteiger partial charge in [-0.05, 0) is 37.1 Å². The van der Waals surface area contributed by atoms with Crippen LogP contribution in [0.2, 0.25) is 0 Å². The van der Waals surface area contributed by atoms with E-state index in [1.165, 1.54) is 13.2 Å². The molecule has 0 aromatic heterocycles. The van der Waals surface area contributed by atoms with E-state index in [9.17, 15) is 13.5 Å². The molecule has 1 unspecified atom stereocenters. The molecule has 4 N–H and O–H groups in total. The highest BCUT2D eigenvalue weighted by Gasteiger charge is 2.17. The third kappa shape index (κ3) is 4.17. The quantitative estimate of drug-likeness (QED) is 0.648. The number of nitrogen functional groups attached to an aromatic ring is 1. The van der Waals surface area contributed by atoms with Gasteiger partial charge in [0, 0.05) is 19.3 Å². The number of aryl methyl sites for hydroxylation is 1. The Bertz CT molecular complexity index is 520. The van der Waals surface area contributed by atoms with Crippen LogP contribution >= 0.6 is 0 Å². The van der Waals surface area contributed by atoms with Gasteiger partial charge >= 0.3 is 0 Å². The van der Waals surface area contributed by atoms with E-state index in [0.717, 1.165) is 11.1 Å². The van der Waals surface area contributed by atoms with Crippen LogP contribution in [-0.4, -0.2) is 39.9 Å². The van der Waals surface area contributed by atoms with Crippen molar-refractivity contribution in [2.24, 2.45) is 0 Å². The highest BCUT2D eigenvalue weighted by Crippen LogP contribution is 2.21. The second kappa shape index (κ2) is 6.33. The van der Waals surface area contributed by atoms with Gasteiger partial charge in [0.15, 0.2) is 0 Å². The maximum Gasteiger partial charge on any atom is 0.240 e. The number of rotatable bonds is 6. The zero-order chi connectivity index (χ0) is 14.6. The molecule has 1 aromatic carbocycles. The minimum atomic E-state index is -3.68. The van der Waals surface area contributed by atoms with Crippen LogP contribution in [-0.2, 0) is 14.8 Å². The Morgan fingerprint density at radius 2 is 2.05 bits per heavy atom. The highest BCUT2D eigenvalue weighted by molar-refractivity contribution is 7.89. The number of methoxy groups -OCH3 is 1. The molecule has 0 saturated heterocycles. The van der Waals surface area contributed by atoms with Gasteiger partial charge in [0.1, 0.15) is 0 Å². The Morgan fingerprint density at radius 3 is 2.58 bits per heavy atom. The summed E-state index contributed by atoms with van der Waals surface area (Å²) in [5, 5.41) is 9.44. The van der Waals surface area contributed by atoms with E-state index in [-0.39, 0.29) is 18.0 Å². The lowest BCUT2D eigenvalue weighted by Gasteiger charge is -2.13. The molecule has 0 fully saturated rings. The molecular weight excluding hydrogens is 268 g/mol. The summed E-state index contributed by atoms with van der Waals surface area (Å²) in [5.41, 5.74) is 7.85. The topological polar surface area (TPSA) is 102 Å². The van der Waals surface area contributed by atoms with Gasteiger partial charge < -0.3 is 15.6 Å². The summed E-state index contributed by atoms with van der Waals surface area (Å²) in [5.74, 6) is 0. The average Bonchev–Trinajstić information content (AvgIpc) is 2.33. The zero-order valence-corrected chi connectivity index (χ0v) is 12.1. The van der Waals surface area contributed by atoms with E-state index < -0.39 is 16.1 Å². The summed E-state index contributed by atoms with van der Waals surface area (Å²) in [4.78, 5) is 0.0951. The zero-order valence-electron chi connectivity index (χ0n) is 11.3. The van der Waals surface area contributed by atoms with Crippen molar-refractivity contribution < 1.29 is 18.3 Å². The standard InChI is InChI=1S/C12H20N2O4S/c1-8-4-11(5-12(13)9(8)2)19(16,17)14-6-10(15)7-18-3/h4-5,10,14-15H,6-7,13H2,1-3H3. The molecule has 0 amide bonds. The van der Waals surface area contributed by atoms with Gasteiger partial charge in [-0.2, -0.15) is 0 Å². The molecule has 0 radical (unpaired) electrons. The third-order valence-corrected chi connectivity index (χ3v) is 4.26. The Labute approximate surface area is 113 Å². The lowest BCUT2D eigenvalue weighted by Crippen LogP contribution is -2.34. The number of benzene rings is 1. The Balaban J connectivity index is 2.89. The second-order valence-corrected chi connectivity index (χ2v) is 6.18. The van der Waals surface area contributed by atoms with E-state index in [4.69, 9.17) is 10.5 Å². The van der Waals surface area contributed by atoms with Crippen molar-refractivity contribution >= 4 is 15.7 Å². The molecule has 1 atom stereocenters. The highest BCUT2D eigenvalue weighted by atomic mass is 32.2. The lowest BCUT2D eigenvalue weighted by atomic mass is 10.1. The Hall–Kier alpha value is -1.15. The number of nitrogens with two attached hydrogens (primary N) is 1. The van der Waals surface area contributed by atoms with Gasteiger partial charge in [-0.1, -0.05) is 0 Å². The molecule has 108 valence electrons. The minimum Gasteiger partial charge on any atom is -0.398 e. The monoisotopic (exact) mass is 288 g/mol. The molecule has 0 aliphatic carbocycles. The largest absolute Gasteiger partial charge is 0.398 e. The van der Waals surface area contributed by atoms with Gasteiger partial charge in [-0.25, -0.2) is 13.1 Å². The summed E-state index contributed by atoms with van der Waals surface area (Å²) in [6.07, 6.45) is -0.885. The summed E-state index contributed by atoms with van der Waals surface area (Å²) < 4.78 is 31.1. The normalized spacial score (nSPS) is 13.5. The van der Waals surface area contributed by atoms with Crippen molar-refractivity contribution in [2.45, 2.75) is 24.8 Å². The smallest absolute Gasteiger partial charge is 0.240 e. The molecule has 1 rings (SSSR count). The predicted octanol–water partition coefficient (Wildman–Crippen LogP) is 0.171. The van der Waals surface area contributed by atoms with Crippen LogP contribution < -0.4 is 10.5 Å². The van der Waals surface area contributed by atoms with Crippen molar-refractivity contribution in [3.05, 3.63) is 23.3 Å². The van der Waals surface area contributed by atoms with Crippen LogP contribution in [0.1, 0.15) is 11.1 Å². The number of nitrogens with one attached hydrogen (secondary N) is 1. The summed E-state index contributed by atoms with van der Waals surface area (Å²) >= 11 is 0. The number of sulfonamides is 1. The van der Waals surface area contributed by atoms with Crippen LogP contribution in [0.4, 0.5) is 5.69 Å². The number of hydrogen-bond donors (Lipinski definition) is 3. The van der Waals surface area contributed by atoms with Crippen LogP contribution in [0.15, 0.2) is 17.0 Å². The van der Waals surface area contributed by atoms with E-state index >= 15 is 0 Å². The molecule has 0 saturated carbocycles. The number of aliphatic hydroxyl groups is 1. The van der Waals surface area contributed by atoms with Gasteiger partial charge in [0.2, 0.25) is 10.0 Å². The fourth-order valence-corrected chi connectivity index (χ4v) is 2.74. The van der Waals surface area contributed by atoms with E-state index in [0.29, 0.717) is 5.69 Å². The van der Waals surface area contributed by atoms with E-state index in [2.05, 4.69) is 4.72 Å². The molecule has 0 spiro atoms. The van der Waals surface area contributed by atoms with Crippen LogP contribution in [0, 0.1) is 13.8 Å². The fraction of sp³-hybridized carbons (Fsp3) is 0.500. The SMILES string of the molecule is COCC(O)CNS(=O)(=O)c1cc(C)c(C)c(N)c1. The first-order chi connectivity index (χ1) is 8.77. The van der Waals surface area contributed by atoms with Crippen molar-refractivity contribution in [2.75, 3.05) is 26.0 Å². The molecule has 0 bridgehead atoms. The Kier molecular flexibility index (Phi) is 5.30. The number of hydrogen-bond acceptors (Lipinski definition) is 5. The number of anilines is 1. The van der Waals surface area contributed by atoms with E-state index in [1.807, 2.05) is 6.92 Å². The van der Waals surface area contributed by atoms with Crippen LogP contribution in [0.25, 0.3) is 0 Å². The van der Waals surface area contributed by atoms with Gasteiger partial charge in [-0.3, -0.25) is 0 Å². The minimum absolute atomic E-state index is 0.0670. The molecule has 6 nitrogen and oxygen atoms in total. The van der Waals surface area contributed by atoms with Crippen molar-refractivity contribution in [1.29, 1.82) is 0 Å². The molecule has 19 heavy (non-hydrogen) atoms. The molecular formula is C12H20N2O4S. The van der Waals surface area contributed by atoms with E-state index in [1.54, 1.807) is 13.0 Å². The fourth-order valence-electron chi connectivity index (χ4n) is 1.55. The van der Waals surface area contributed by atoms with Crippen molar-refractivity contribution in [1.82, 2.24) is 4.72 Å². The first kappa shape index (κ1) is 15.9. The molecule has 0 aliphatic heterocycles. The maximum absolute atomic E-state index is 12.0. The molecule has 7 heteroatoms. The van der Waals surface area contributed by atoms with Gasteiger partial charge in [0.25, 0.3) is 0 Å². The molecule has 1 aromatic rings. The van der Waals surface area contributed by atoms with Crippen LogP contribution in [0.3, 0.4) is 0 Å². The van der Waals surface area contributed by atoms with Gasteiger partial charge in [-0.15, -0.1) is 0 Å².